The predicted molar refractivity (Wildman–Crippen MR) is 71.8 cm³/mol. The first-order valence-electron chi connectivity index (χ1n) is 6.91. The van der Waals surface area contributed by atoms with Gasteiger partial charge in [-0.3, -0.25) is 0 Å². The van der Waals surface area contributed by atoms with Crippen molar-refractivity contribution in [2.24, 2.45) is 11.8 Å². The van der Waals surface area contributed by atoms with Crippen molar-refractivity contribution in [3.8, 4) is 5.75 Å². The lowest BCUT2D eigenvalue weighted by Gasteiger charge is -2.21. The fourth-order valence-electron chi connectivity index (χ4n) is 3.53. The molecule has 1 saturated heterocycles. The van der Waals surface area contributed by atoms with Gasteiger partial charge in [0.2, 0.25) is 0 Å². The van der Waals surface area contributed by atoms with E-state index in [0.29, 0.717) is 5.56 Å². The average Bonchev–Trinajstić information content (AvgIpc) is 2.87. The summed E-state index contributed by atoms with van der Waals surface area (Å²) in [4.78, 5) is 2.38. The van der Waals surface area contributed by atoms with Crippen molar-refractivity contribution in [3.63, 3.8) is 0 Å². The Balaban J connectivity index is 1.79. The van der Waals surface area contributed by atoms with Crippen molar-refractivity contribution in [2.75, 3.05) is 18.0 Å². The van der Waals surface area contributed by atoms with Gasteiger partial charge in [-0.05, 0) is 37.7 Å². The van der Waals surface area contributed by atoms with Crippen LogP contribution in [-0.4, -0.2) is 23.3 Å². The Morgan fingerprint density at radius 2 is 1.89 bits per heavy atom. The van der Waals surface area contributed by atoms with E-state index >= 15 is 0 Å². The average molecular weight is 247 g/mol. The number of benzene rings is 1. The molecule has 0 aromatic heterocycles. The zero-order valence-electron chi connectivity index (χ0n) is 10.8. The molecule has 98 valence electrons. The molecule has 3 rings (SSSR count). The topological polar surface area (TPSA) is 43.7 Å². The lowest BCUT2D eigenvalue weighted by molar-refractivity contribution is 0.195. The number of phenols is 1. The van der Waals surface area contributed by atoms with E-state index in [9.17, 15) is 10.2 Å². The van der Waals surface area contributed by atoms with Crippen molar-refractivity contribution in [1.82, 2.24) is 0 Å². The van der Waals surface area contributed by atoms with Gasteiger partial charge in [-0.1, -0.05) is 12.5 Å². The van der Waals surface area contributed by atoms with Gasteiger partial charge in [0.15, 0.2) is 0 Å². The molecule has 1 aromatic rings. The summed E-state index contributed by atoms with van der Waals surface area (Å²) in [7, 11) is 0. The van der Waals surface area contributed by atoms with Gasteiger partial charge in [0, 0.05) is 30.4 Å². The Morgan fingerprint density at radius 1 is 1.22 bits per heavy atom. The van der Waals surface area contributed by atoms with Gasteiger partial charge in [-0.25, -0.2) is 0 Å². The van der Waals surface area contributed by atoms with E-state index in [0.717, 1.165) is 30.6 Å². The molecule has 0 amide bonds. The summed E-state index contributed by atoms with van der Waals surface area (Å²) in [5.74, 6) is 1.91. The number of hydrogen-bond donors (Lipinski definition) is 2. The van der Waals surface area contributed by atoms with Crippen molar-refractivity contribution in [2.45, 2.75) is 32.3 Å². The number of nitrogens with zero attached hydrogens (tertiary/aromatic N) is 1. The normalized spacial score (nSPS) is 28.4. The van der Waals surface area contributed by atoms with E-state index in [4.69, 9.17) is 0 Å². The molecule has 1 aliphatic heterocycles. The lowest BCUT2D eigenvalue weighted by Crippen LogP contribution is -2.20. The summed E-state index contributed by atoms with van der Waals surface area (Å²) in [5.41, 5.74) is 1.70. The molecular formula is C15H21NO2. The second-order valence-corrected chi connectivity index (χ2v) is 5.78. The molecule has 2 aliphatic rings. The predicted octanol–water partition coefficient (Wildman–Crippen LogP) is 2.68. The fourth-order valence-corrected chi connectivity index (χ4v) is 3.53. The number of aromatic hydroxyl groups is 1. The molecule has 3 unspecified atom stereocenters. The third kappa shape index (κ3) is 1.97. The highest BCUT2D eigenvalue weighted by Crippen LogP contribution is 2.40. The van der Waals surface area contributed by atoms with Crippen LogP contribution in [0, 0.1) is 11.8 Å². The minimum absolute atomic E-state index is 0.208. The first-order valence-corrected chi connectivity index (χ1v) is 6.91. The smallest absolute Gasteiger partial charge is 0.123 e. The summed E-state index contributed by atoms with van der Waals surface area (Å²) in [6, 6.07) is 5.65. The Bertz CT molecular complexity index is 432. The van der Waals surface area contributed by atoms with Gasteiger partial charge in [0.25, 0.3) is 0 Å². The number of fused-ring (bicyclic) bond motifs is 1. The van der Waals surface area contributed by atoms with Crippen LogP contribution in [0.3, 0.4) is 0 Å². The molecule has 1 saturated carbocycles. The van der Waals surface area contributed by atoms with E-state index in [2.05, 4.69) is 4.90 Å². The highest BCUT2D eigenvalue weighted by atomic mass is 16.3. The van der Waals surface area contributed by atoms with Crippen molar-refractivity contribution in [1.29, 1.82) is 0 Å². The molecule has 2 N–H and O–H groups in total. The van der Waals surface area contributed by atoms with Gasteiger partial charge in [-0.15, -0.1) is 0 Å². The third-order valence-electron chi connectivity index (χ3n) is 4.56. The molecule has 3 heteroatoms. The summed E-state index contributed by atoms with van der Waals surface area (Å²) >= 11 is 0. The van der Waals surface area contributed by atoms with Crippen LogP contribution >= 0.6 is 0 Å². The Kier molecular flexibility index (Phi) is 2.94. The van der Waals surface area contributed by atoms with Crippen LogP contribution in [0.15, 0.2) is 18.2 Å². The molecule has 1 aliphatic carbocycles. The van der Waals surface area contributed by atoms with Crippen LogP contribution in [0.2, 0.25) is 0 Å². The summed E-state index contributed by atoms with van der Waals surface area (Å²) in [6.07, 6.45) is 3.49. The number of anilines is 1. The molecule has 3 nitrogen and oxygen atoms in total. The van der Waals surface area contributed by atoms with E-state index < -0.39 is 6.10 Å². The van der Waals surface area contributed by atoms with E-state index in [1.807, 2.05) is 12.1 Å². The zero-order chi connectivity index (χ0) is 12.7. The van der Waals surface area contributed by atoms with Gasteiger partial charge in [0.05, 0.1) is 6.10 Å². The van der Waals surface area contributed by atoms with Gasteiger partial charge in [-0.2, -0.15) is 0 Å². The summed E-state index contributed by atoms with van der Waals surface area (Å²) in [5, 5.41) is 19.5. The largest absolute Gasteiger partial charge is 0.507 e. The minimum atomic E-state index is -0.614. The van der Waals surface area contributed by atoms with Crippen LogP contribution in [0.1, 0.15) is 37.9 Å². The quantitative estimate of drug-likeness (QED) is 0.844. The van der Waals surface area contributed by atoms with E-state index in [-0.39, 0.29) is 5.75 Å². The lowest BCUT2D eigenvalue weighted by atomic mass is 10.0. The van der Waals surface area contributed by atoms with Gasteiger partial charge < -0.3 is 15.1 Å². The second kappa shape index (κ2) is 4.47. The monoisotopic (exact) mass is 247 g/mol. The van der Waals surface area contributed by atoms with Crippen molar-refractivity contribution in [3.05, 3.63) is 23.8 Å². The molecule has 1 heterocycles. The molecule has 0 bridgehead atoms. The molecule has 18 heavy (non-hydrogen) atoms. The number of rotatable bonds is 2. The molecule has 1 aromatic carbocycles. The maximum atomic E-state index is 9.94. The summed E-state index contributed by atoms with van der Waals surface area (Å²) in [6.45, 7) is 3.92. The fraction of sp³-hybridized carbons (Fsp3) is 0.600. The molecule has 3 atom stereocenters. The van der Waals surface area contributed by atoms with Crippen molar-refractivity contribution < 1.29 is 10.2 Å². The Labute approximate surface area is 108 Å². The van der Waals surface area contributed by atoms with Crippen molar-refractivity contribution >= 4 is 5.69 Å². The Hall–Kier alpha value is -1.22. The first-order chi connectivity index (χ1) is 8.65. The second-order valence-electron chi connectivity index (χ2n) is 5.78. The molecule has 2 fully saturated rings. The third-order valence-corrected chi connectivity index (χ3v) is 4.56. The summed E-state index contributed by atoms with van der Waals surface area (Å²) < 4.78 is 0. The van der Waals surface area contributed by atoms with Gasteiger partial charge >= 0.3 is 0 Å². The zero-order valence-corrected chi connectivity index (χ0v) is 10.8. The SMILES string of the molecule is CC(O)c1ccc(N2CC3CCCC3C2)cc1O. The number of aliphatic hydroxyl groups is 1. The van der Waals surface area contributed by atoms with E-state index in [1.54, 1.807) is 13.0 Å². The van der Waals surface area contributed by atoms with Crippen LogP contribution in [-0.2, 0) is 0 Å². The van der Waals surface area contributed by atoms with E-state index in [1.165, 1.54) is 19.3 Å². The molecule has 0 spiro atoms. The highest BCUT2D eigenvalue weighted by molar-refractivity contribution is 5.54. The number of hydrogen-bond acceptors (Lipinski definition) is 3. The first kappa shape index (κ1) is 11.8. The number of phenolic OH excluding ortho intramolecular Hbond substituents is 1. The standard InChI is InChI=1S/C15H21NO2/c1-10(17)14-6-5-13(7-15(14)18)16-8-11-3-2-4-12(11)9-16/h5-7,10-12,17-18H,2-4,8-9H2,1H3. The highest BCUT2D eigenvalue weighted by Gasteiger charge is 2.36. The van der Waals surface area contributed by atoms with Crippen LogP contribution < -0.4 is 4.90 Å². The molecule has 0 radical (unpaired) electrons. The Morgan fingerprint density at radius 3 is 2.44 bits per heavy atom. The van der Waals surface area contributed by atoms with Crippen LogP contribution in [0.5, 0.6) is 5.75 Å². The number of aliphatic hydroxyl groups excluding tert-OH is 1. The van der Waals surface area contributed by atoms with Crippen LogP contribution in [0.4, 0.5) is 5.69 Å². The minimum Gasteiger partial charge on any atom is -0.507 e. The maximum Gasteiger partial charge on any atom is 0.123 e. The molecular weight excluding hydrogens is 226 g/mol. The van der Waals surface area contributed by atoms with Gasteiger partial charge in [0.1, 0.15) is 5.75 Å². The maximum absolute atomic E-state index is 9.94. The van der Waals surface area contributed by atoms with Crippen LogP contribution in [0.25, 0.3) is 0 Å².